The molecule has 12 rings (SSSR count). The highest BCUT2D eigenvalue weighted by atomic mass is 32.1. The number of carboxylic acid groups (broad SMARTS) is 3. The maximum absolute atomic E-state index is 13.8. The van der Waals surface area contributed by atoms with Crippen molar-refractivity contribution in [3.63, 3.8) is 0 Å². The number of anilines is 2. The summed E-state index contributed by atoms with van der Waals surface area (Å²) in [5, 5.41) is 72.6. The van der Waals surface area contributed by atoms with Crippen LogP contribution >= 0.6 is 11.3 Å². The largest absolute Gasteiger partial charge is 0.491 e. The normalized spacial score (nSPS) is 26.4. The molecule has 5 heterocycles. The highest BCUT2D eigenvalue weighted by Gasteiger charge is 2.66. The minimum Gasteiger partial charge on any atom is -0.491 e. The molecule has 5 fully saturated rings. The number of carboxylic acids is 3. The summed E-state index contributed by atoms with van der Waals surface area (Å²) in [5.74, 6) is -4.53. The van der Waals surface area contributed by atoms with E-state index in [0.717, 1.165) is 65.6 Å². The number of aliphatic carboxylic acids is 2. The number of carbonyl (C=O) groups is 5. The van der Waals surface area contributed by atoms with Crippen LogP contribution in [0.25, 0.3) is 21.3 Å². The van der Waals surface area contributed by atoms with Gasteiger partial charge in [0.15, 0.2) is 16.9 Å². The van der Waals surface area contributed by atoms with Gasteiger partial charge >= 0.3 is 23.9 Å². The number of carbonyl (C=O) groups excluding carboxylic acids is 2. The van der Waals surface area contributed by atoms with Crippen LogP contribution in [0.15, 0.2) is 79.0 Å². The number of aliphatic hydroxyl groups excluding tert-OH is 3. The first-order valence-corrected chi connectivity index (χ1v) is 30.5. The number of thiazole rings is 1. The molecule has 1 amide bonds. The van der Waals surface area contributed by atoms with Gasteiger partial charge in [-0.3, -0.25) is 24.4 Å². The van der Waals surface area contributed by atoms with Gasteiger partial charge in [-0.1, -0.05) is 49.4 Å². The molecule has 4 bridgehead atoms. The molecule has 0 spiro atoms. The van der Waals surface area contributed by atoms with E-state index in [1.807, 2.05) is 59.0 Å². The summed E-state index contributed by atoms with van der Waals surface area (Å²) in [5.41, 5.74) is 9.97. The molecule has 474 valence electrons. The topological polar surface area (TPSA) is 359 Å². The van der Waals surface area contributed by atoms with E-state index in [4.69, 9.17) is 44.2 Å². The number of aliphatic hydroxyl groups is 3. The summed E-state index contributed by atoms with van der Waals surface area (Å²) in [7, 11) is 0. The van der Waals surface area contributed by atoms with Gasteiger partial charge in [0.05, 0.1) is 48.3 Å². The predicted molar refractivity (Wildman–Crippen MR) is 322 cm³/mol. The lowest BCUT2D eigenvalue weighted by atomic mass is 9.39. The number of hydrogen-bond donors (Lipinski definition) is 9. The monoisotopic (exact) mass is 1250 g/mol. The minimum absolute atomic E-state index is 0.00528. The number of amides is 1. The first-order chi connectivity index (χ1) is 42.5. The molecule has 0 radical (unpaired) electrons. The van der Waals surface area contributed by atoms with Gasteiger partial charge in [0.25, 0.3) is 5.91 Å². The van der Waals surface area contributed by atoms with Gasteiger partial charge in [0.2, 0.25) is 6.29 Å². The summed E-state index contributed by atoms with van der Waals surface area (Å²) in [6.07, 6.45) is -2.26. The molecule has 6 aromatic rings. The van der Waals surface area contributed by atoms with E-state index < -0.39 is 72.6 Å². The lowest BCUT2D eigenvalue weighted by molar-refractivity contribution is -0.271. The quantitative estimate of drug-likeness (QED) is 0.0245. The number of nitrogens with zero attached hydrogens (tertiary/aromatic N) is 5. The van der Waals surface area contributed by atoms with Crippen LogP contribution in [0.4, 0.5) is 10.9 Å². The second-order valence-corrected chi connectivity index (χ2v) is 26.1. The number of aromatic nitrogens is 4. The van der Waals surface area contributed by atoms with Crippen molar-refractivity contribution < 1.29 is 83.0 Å². The lowest BCUT2D eigenvalue weighted by Gasteiger charge is -2.69. The number of aromatic carboxylic acids is 1. The van der Waals surface area contributed by atoms with Crippen molar-refractivity contribution in [2.45, 2.75) is 134 Å². The Morgan fingerprint density at radius 3 is 2.38 bits per heavy atom. The molecular weight excluding hydrogens is 1170 g/mol. The molecule has 3 aromatic carbocycles. The fraction of sp³-hybridized carbons (Fsp3) is 0.492. The van der Waals surface area contributed by atoms with Crippen LogP contribution in [0.1, 0.15) is 102 Å². The van der Waals surface area contributed by atoms with Gasteiger partial charge in [-0.25, -0.2) is 19.6 Å². The van der Waals surface area contributed by atoms with Crippen LogP contribution in [0.2, 0.25) is 0 Å². The van der Waals surface area contributed by atoms with Crippen LogP contribution in [0, 0.1) is 23.2 Å². The van der Waals surface area contributed by atoms with Crippen molar-refractivity contribution in [2.75, 3.05) is 56.3 Å². The molecule has 4 unspecified atom stereocenters. The highest BCUT2D eigenvalue weighted by Crippen LogP contribution is 2.72. The average molecular weight is 1250 g/mol. The Kier molecular flexibility index (Phi) is 18.2. The molecule has 10 N–H and O–H groups in total. The second-order valence-electron chi connectivity index (χ2n) is 25.0. The Hall–Kier alpha value is -7.66. The summed E-state index contributed by atoms with van der Waals surface area (Å²) >= 11 is 1.40. The van der Waals surface area contributed by atoms with E-state index in [9.17, 15) is 54.6 Å². The number of pyridine rings is 1. The molecule has 2 aliphatic heterocycles. The third-order valence-corrected chi connectivity index (χ3v) is 18.7. The standard InChI is InChI=1S/C63H74N8O17S/c1-35-41(39-13-14-47(68-49(39)55(78)79)70-18-15-36-7-6-8-40(42(36)26-70)54(77)69-59-67-43-9-4-5-10-46(43)89-59)25-66-71(35)34-62-29-60(2)28-61(3,30-62)32-63(31-60,33-62)86-20-17-65-44(24-48(72)73)57(82)85-27-37-11-12-38(23-45(37)84-22-21-83-19-16-64)87-58-52(76)50(74)51(75)53(88-58)56(80)81/h4-14,23,25,44,50-53,58,65,74-76H,15-22,24,26-34,64H2,1-3H3,(H,72,73)(H,78,79)(H,80,81)(H,67,69,77)/t44?,50-,51?,52+,53-,58+,60?,61?,62?,63?/m0/s1. The van der Waals surface area contributed by atoms with E-state index in [2.05, 4.69) is 29.5 Å². The molecule has 4 saturated carbocycles. The fourth-order valence-electron chi connectivity index (χ4n) is 15.1. The number of esters is 1. The summed E-state index contributed by atoms with van der Waals surface area (Å²) < 4.78 is 37.9. The maximum Gasteiger partial charge on any atom is 0.355 e. The third kappa shape index (κ3) is 13.6. The molecule has 89 heavy (non-hydrogen) atoms. The van der Waals surface area contributed by atoms with Gasteiger partial charge in [-0.05, 0) is 122 Å². The van der Waals surface area contributed by atoms with E-state index in [1.54, 1.807) is 18.3 Å². The van der Waals surface area contributed by atoms with E-state index in [1.165, 1.54) is 29.5 Å². The van der Waals surface area contributed by atoms with Crippen LogP contribution in [0.3, 0.4) is 0 Å². The average Bonchev–Trinajstić information content (AvgIpc) is 0.905. The Bertz CT molecular complexity index is 3600. The van der Waals surface area contributed by atoms with E-state index in [0.29, 0.717) is 59.3 Å². The Balaban J connectivity index is 0.735. The number of nitrogens with two attached hydrogens (primary N) is 1. The van der Waals surface area contributed by atoms with Crippen molar-refractivity contribution in [3.05, 3.63) is 113 Å². The zero-order chi connectivity index (χ0) is 63.0. The molecule has 8 atom stereocenters. The zero-order valence-corrected chi connectivity index (χ0v) is 50.4. The van der Waals surface area contributed by atoms with Gasteiger partial charge in [-0.15, -0.1) is 0 Å². The molecule has 6 aliphatic rings. The number of rotatable bonds is 26. The highest BCUT2D eigenvalue weighted by molar-refractivity contribution is 7.22. The number of ether oxygens (including phenoxy) is 6. The van der Waals surface area contributed by atoms with Crippen molar-refractivity contribution in [1.29, 1.82) is 0 Å². The third-order valence-electron chi connectivity index (χ3n) is 17.8. The summed E-state index contributed by atoms with van der Waals surface area (Å²) in [6.45, 7) is 8.64. The van der Waals surface area contributed by atoms with Crippen molar-refractivity contribution >= 4 is 62.3 Å². The van der Waals surface area contributed by atoms with Gasteiger partial charge < -0.3 is 75.0 Å². The van der Waals surface area contributed by atoms with Crippen molar-refractivity contribution in [1.82, 2.24) is 25.1 Å². The Morgan fingerprint density at radius 1 is 0.854 bits per heavy atom. The number of hydrogen-bond acceptors (Lipinski definition) is 21. The molecule has 26 heteroatoms. The number of benzene rings is 3. The van der Waals surface area contributed by atoms with E-state index in [-0.39, 0.29) is 85.5 Å². The smallest absolute Gasteiger partial charge is 0.355 e. The lowest BCUT2D eigenvalue weighted by Crippen LogP contribution is -2.64. The summed E-state index contributed by atoms with van der Waals surface area (Å²) in [4.78, 5) is 75.8. The zero-order valence-electron chi connectivity index (χ0n) is 49.6. The van der Waals surface area contributed by atoms with Gasteiger partial charge in [0.1, 0.15) is 54.9 Å². The molecular formula is C63H74N8O17S. The predicted octanol–water partition coefficient (Wildman–Crippen LogP) is 5.31. The van der Waals surface area contributed by atoms with Crippen molar-refractivity contribution in [3.8, 4) is 22.6 Å². The maximum atomic E-state index is 13.8. The van der Waals surface area contributed by atoms with Gasteiger partial charge in [-0.2, -0.15) is 5.10 Å². The first kappa shape index (κ1) is 62.9. The molecule has 3 aromatic heterocycles. The minimum atomic E-state index is -1.93. The van der Waals surface area contributed by atoms with Crippen LogP contribution in [-0.2, 0) is 59.4 Å². The van der Waals surface area contributed by atoms with Crippen molar-refractivity contribution in [2.24, 2.45) is 22.0 Å². The molecule has 1 saturated heterocycles. The molecule has 25 nitrogen and oxygen atoms in total. The SMILES string of the molecule is Cc1c(-c2ccc(N3CCc4cccc(C(=O)Nc5nc6ccccc6s5)c4C3)nc2C(=O)O)cnn1CC12CC3(C)CC(C)(C1)CC(OCCNC(CC(=O)O)C(=O)OCc1ccc(O[C@@H]4O[C@H](C(=O)O)C(O)[C@H](O)[C@H]4O)cc1OCCOCCN)(C3)C2. The Labute approximate surface area is 516 Å². The molecule has 4 aliphatic carbocycles. The fourth-order valence-corrected chi connectivity index (χ4v) is 16.0. The number of fused-ring (bicyclic) bond motifs is 2. The number of para-hydroxylation sites is 1. The Morgan fingerprint density at radius 2 is 1.64 bits per heavy atom. The van der Waals surface area contributed by atoms with Crippen LogP contribution in [-0.4, -0.2) is 169 Å². The van der Waals surface area contributed by atoms with Gasteiger partial charge in [0, 0.05) is 66.7 Å². The van der Waals surface area contributed by atoms with Crippen LogP contribution < -0.4 is 30.7 Å². The summed E-state index contributed by atoms with van der Waals surface area (Å²) in [6, 6.07) is 20.0. The first-order valence-electron chi connectivity index (χ1n) is 29.7. The number of nitrogens with one attached hydrogen (secondary N) is 2. The second kappa shape index (κ2) is 25.7. The van der Waals surface area contributed by atoms with E-state index >= 15 is 0 Å². The van der Waals surface area contributed by atoms with Crippen LogP contribution in [0.5, 0.6) is 11.5 Å².